The van der Waals surface area contributed by atoms with Crippen molar-refractivity contribution in [3.8, 4) is 0 Å². The molecule has 1 aliphatic heterocycles. The van der Waals surface area contributed by atoms with Crippen LogP contribution in [-0.2, 0) is 0 Å². The van der Waals surface area contributed by atoms with Gasteiger partial charge in [-0.2, -0.15) is 0 Å². The number of aliphatic hydroxyl groups excluding tert-OH is 1. The van der Waals surface area contributed by atoms with Gasteiger partial charge in [0, 0.05) is 19.0 Å². The Labute approximate surface area is 107 Å². The van der Waals surface area contributed by atoms with Crippen LogP contribution in [0.2, 0.25) is 0 Å². The normalized spacial score (nSPS) is 22.3. The number of imidazole rings is 1. The summed E-state index contributed by atoms with van der Waals surface area (Å²) in [5.74, 6) is 1.29. The van der Waals surface area contributed by atoms with Crippen LogP contribution < -0.4 is 4.90 Å². The first-order valence-electron chi connectivity index (χ1n) is 6.62. The van der Waals surface area contributed by atoms with E-state index in [4.69, 9.17) is 0 Å². The van der Waals surface area contributed by atoms with E-state index < -0.39 is 0 Å². The topological polar surface area (TPSA) is 52.1 Å². The highest BCUT2D eigenvalue weighted by molar-refractivity contribution is 5.77. The Morgan fingerprint density at radius 3 is 3.06 bits per heavy atom. The van der Waals surface area contributed by atoms with Crippen molar-refractivity contribution in [3.63, 3.8) is 0 Å². The zero-order valence-corrected chi connectivity index (χ0v) is 10.6. The number of para-hydroxylation sites is 2. The number of fused-ring (bicyclic) bond motifs is 1. The second-order valence-corrected chi connectivity index (χ2v) is 5.17. The van der Waals surface area contributed by atoms with Gasteiger partial charge in [-0.05, 0) is 31.9 Å². The molecule has 2 atom stereocenters. The first-order valence-corrected chi connectivity index (χ1v) is 6.62. The molecule has 3 rings (SSSR count). The molecule has 0 spiro atoms. The summed E-state index contributed by atoms with van der Waals surface area (Å²) in [6.45, 7) is 3.79. The van der Waals surface area contributed by atoms with Gasteiger partial charge in [0.05, 0.1) is 17.1 Å². The monoisotopic (exact) mass is 245 g/mol. The molecule has 0 saturated carbocycles. The number of piperidine rings is 1. The summed E-state index contributed by atoms with van der Waals surface area (Å²) in [6.07, 6.45) is 1.98. The number of H-pyrrole nitrogens is 1. The van der Waals surface area contributed by atoms with Gasteiger partial charge in [-0.15, -0.1) is 0 Å². The minimum Gasteiger partial charge on any atom is -0.393 e. The number of hydrogen-bond donors (Lipinski definition) is 2. The van der Waals surface area contributed by atoms with Crippen LogP contribution in [-0.4, -0.2) is 34.3 Å². The Hall–Kier alpha value is -1.55. The summed E-state index contributed by atoms with van der Waals surface area (Å²) < 4.78 is 0. The first-order chi connectivity index (χ1) is 8.74. The molecule has 4 heteroatoms. The maximum atomic E-state index is 9.72. The van der Waals surface area contributed by atoms with Gasteiger partial charge in [0.2, 0.25) is 5.95 Å². The molecule has 1 aromatic heterocycles. The van der Waals surface area contributed by atoms with E-state index in [9.17, 15) is 5.11 Å². The zero-order valence-electron chi connectivity index (χ0n) is 10.6. The van der Waals surface area contributed by atoms with Gasteiger partial charge in [0.1, 0.15) is 0 Å². The highest BCUT2D eigenvalue weighted by atomic mass is 16.3. The maximum Gasteiger partial charge on any atom is 0.203 e. The summed E-state index contributed by atoms with van der Waals surface area (Å²) in [6, 6.07) is 8.08. The van der Waals surface area contributed by atoms with Gasteiger partial charge < -0.3 is 15.0 Å². The van der Waals surface area contributed by atoms with Crippen LogP contribution in [0.3, 0.4) is 0 Å². The van der Waals surface area contributed by atoms with Crippen molar-refractivity contribution in [1.82, 2.24) is 9.97 Å². The third kappa shape index (κ3) is 2.08. The SMILES string of the molecule is CC(O)C1CCCN(c2nc3ccccc3[nH]2)C1. The Kier molecular flexibility index (Phi) is 2.96. The molecule has 0 radical (unpaired) electrons. The maximum absolute atomic E-state index is 9.72. The Balaban J connectivity index is 1.85. The number of nitrogens with one attached hydrogen (secondary N) is 1. The molecule has 18 heavy (non-hydrogen) atoms. The van der Waals surface area contributed by atoms with Gasteiger partial charge in [-0.25, -0.2) is 4.98 Å². The first kappa shape index (κ1) is 11.5. The molecule has 96 valence electrons. The molecule has 4 nitrogen and oxygen atoms in total. The number of aliphatic hydroxyl groups is 1. The van der Waals surface area contributed by atoms with E-state index in [0.717, 1.165) is 42.9 Å². The Morgan fingerprint density at radius 2 is 2.28 bits per heavy atom. The van der Waals surface area contributed by atoms with Crippen molar-refractivity contribution < 1.29 is 5.11 Å². The number of aromatic amines is 1. The van der Waals surface area contributed by atoms with Crippen molar-refractivity contribution in [1.29, 1.82) is 0 Å². The van der Waals surface area contributed by atoms with E-state index in [1.54, 1.807) is 0 Å². The molecule has 0 bridgehead atoms. The lowest BCUT2D eigenvalue weighted by atomic mass is 9.94. The third-order valence-electron chi connectivity index (χ3n) is 3.82. The van der Waals surface area contributed by atoms with Crippen molar-refractivity contribution in [2.75, 3.05) is 18.0 Å². The zero-order chi connectivity index (χ0) is 12.5. The second kappa shape index (κ2) is 4.61. The van der Waals surface area contributed by atoms with E-state index in [1.165, 1.54) is 0 Å². The predicted molar refractivity (Wildman–Crippen MR) is 72.7 cm³/mol. The minimum absolute atomic E-state index is 0.239. The standard InChI is InChI=1S/C14H19N3O/c1-10(18)11-5-4-8-17(9-11)14-15-12-6-2-3-7-13(12)16-14/h2-3,6-7,10-11,18H,4-5,8-9H2,1H3,(H,15,16). The van der Waals surface area contributed by atoms with Crippen LogP contribution >= 0.6 is 0 Å². The lowest BCUT2D eigenvalue weighted by Gasteiger charge is -2.33. The average Bonchev–Trinajstić information content (AvgIpc) is 2.82. The number of anilines is 1. The summed E-state index contributed by atoms with van der Waals surface area (Å²) in [4.78, 5) is 10.2. The molecule has 2 unspecified atom stereocenters. The second-order valence-electron chi connectivity index (χ2n) is 5.17. The van der Waals surface area contributed by atoms with Gasteiger partial charge in [-0.1, -0.05) is 12.1 Å². The van der Waals surface area contributed by atoms with Crippen LogP contribution in [0.25, 0.3) is 11.0 Å². The molecule has 0 amide bonds. The van der Waals surface area contributed by atoms with E-state index in [1.807, 2.05) is 31.2 Å². The molecule has 1 saturated heterocycles. The Bertz CT molecular complexity index is 502. The van der Waals surface area contributed by atoms with Gasteiger partial charge in [-0.3, -0.25) is 0 Å². The quantitative estimate of drug-likeness (QED) is 0.852. The number of hydrogen-bond acceptors (Lipinski definition) is 3. The Morgan fingerprint density at radius 1 is 1.44 bits per heavy atom. The van der Waals surface area contributed by atoms with Crippen LogP contribution in [0.4, 0.5) is 5.95 Å². The lowest BCUT2D eigenvalue weighted by molar-refractivity contribution is 0.115. The summed E-state index contributed by atoms with van der Waals surface area (Å²) in [7, 11) is 0. The van der Waals surface area contributed by atoms with Crippen LogP contribution in [0, 0.1) is 5.92 Å². The molecule has 2 aromatic rings. The van der Waals surface area contributed by atoms with Crippen molar-refractivity contribution in [2.24, 2.45) is 5.92 Å². The number of nitrogens with zero attached hydrogens (tertiary/aromatic N) is 2. The van der Waals surface area contributed by atoms with Crippen LogP contribution in [0.15, 0.2) is 24.3 Å². The van der Waals surface area contributed by atoms with Crippen molar-refractivity contribution >= 4 is 17.0 Å². The number of benzene rings is 1. The number of aromatic nitrogens is 2. The lowest BCUT2D eigenvalue weighted by Crippen LogP contribution is -2.40. The number of rotatable bonds is 2. The molecule has 0 aliphatic carbocycles. The third-order valence-corrected chi connectivity index (χ3v) is 3.82. The fourth-order valence-electron chi connectivity index (χ4n) is 2.69. The average molecular weight is 245 g/mol. The van der Waals surface area contributed by atoms with Crippen molar-refractivity contribution in [3.05, 3.63) is 24.3 Å². The molecule has 1 aromatic carbocycles. The van der Waals surface area contributed by atoms with Gasteiger partial charge in [0.25, 0.3) is 0 Å². The molecular formula is C14H19N3O. The van der Waals surface area contributed by atoms with E-state index in [0.29, 0.717) is 5.92 Å². The summed E-state index contributed by atoms with van der Waals surface area (Å²) >= 11 is 0. The molecule has 2 N–H and O–H groups in total. The largest absolute Gasteiger partial charge is 0.393 e. The smallest absolute Gasteiger partial charge is 0.203 e. The van der Waals surface area contributed by atoms with Crippen LogP contribution in [0.5, 0.6) is 0 Å². The molecular weight excluding hydrogens is 226 g/mol. The molecule has 2 heterocycles. The van der Waals surface area contributed by atoms with Crippen molar-refractivity contribution in [2.45, 2.75) is 25.9 Å². The van der Waals surface area contributed by atoms with E-state index >= 15 is 0 Å². The summed E-state index contributed by atoms with van der Waals surface area (Å²) in [5.41, 5.74) is 2.08. The van der Waals surface area contributed by atoms with Gasteiger partial charge >= 0.3 is 0 Å². The van der Waals surface area contributed by atoms with Gasteiger partial charge in [0.15, 0.2) is 0 Å². The summed E-state index contributed by atoms with van der Waals surface area (Å²) in [5, 5.41) is 9.72. The molecule has 1 fully saturated rings. The highest BCUT2D eigenvalue weighted by Gasteiger charge is 2.25. The van der Waals surface area contributed by atoms with Crippen LogP contribution in [0.1, 0.15) is 19.8 Å². The van der Waals surface area contributed by atoms with E-state index in [-0.39, 0.29) is 6.10 Å². The fourth-order valence-corrected chi connectivity index (χ4v) is 2.69. The minimum atomic E-state index is -0.239. The molecule has 1 aliphatic rings. The fraction of sp³-hybridized carbons (Fsp3) is 0.500. The highest BCUT2D eigenvalue weighted by Crippen LogP contribution is 2.24. The predicted octanol–water partition coefficient (Wildman–Crippen LogP) is 2.16. The van der Waals surface area contributed by atoms with E-state index in [2.05, 4.69) is 14.9 Å².